The molecule has 0 spiro atoms. The molecule has 2 heterocycles. The molecule has 0 aliphatic carbocycles. The molecular formula is C13H18ClN3O. The number of anilines is 1. The first-order valence-corrected chi connectivity index (χ1v) is 6.62. The second-order valence-electron chi connectivity index (χ2n) is 4.89. The van der Waals surface area contributed by atoms with Gasteiger partial charge in [0.2, 0.25) is 5.91 Å². The smallest absolute Gasteiger partial charge is 0.241 e. The van der Waals surface area contributed by atoms with Crippen molar-refractivity contribution in [2.24, 2.45) is 5.92 Å². The van der Waals surface area contributed by atoms with Crippen molar-refractivity contribution in [1.82, 2.24) is 10.3 Å². The second-order valence-corrected chi connectivity index (χ2v) is 5.25. The van der Waals surface area contributed by atoms with E-state index in [2.05, 4.69) is 22.5 Å². The van der Waals surface area contributed by atoms with E-state index in [0.29, 0.717) is 16.8 Å². The number of hydrogen-bond donors (Lipinski definition) is 2. The molecule has 0 saturated carbocycles. The third kappa shape index (κ3) is 3.00. The largest absolute Gasteiger partial charge is 0.322 e. The van der Waals surface area contributed by atoms with Crippen LogP contribution < -0.4 is 10.6 Å². The van der Waals surface area contributed by atoms with E-state index in [4.69, 9.17) is 11.6 Å². The number of nitrogens with zero attached hydrogens (tertiary/aromatic N) is 1. The molecule has 0 aromatic carbocycles. The highest BCUT2D eigenvalue weighted by molar-refractivity contribution is 6.32. The maximum Gasteiger partial charge on any atom is 0.241 e. The van der Waals surface area contributed by atoms with Crippen molar-refractivity contribution in [3.8, 4) is 0 Å². The summed E-state index contributed by atoms with van der Waals surface area (Å²) in [6.07, 6.45) is 3.88. The Hall–Kier alpha value is -1.13. The Morgan fingerprint density at radius 3 is 3.11 bits per heavy atom. The van der Waals surface area contributed by atoms with Crippen molar-refractivity contribution in [2.45, 2.75) is 32.7 Å². The minimum absolute atomic E-state index is 0.0310. The first-order chi connectivity index (χ1) is 8.58. The molecule has 2 atom stereocenters. The van der Waals surface area contributed by atoms with E-state index in [0.717, 1.165) is 24.9 Å². The average molecular weight is 268 g/mol. The normalized spacial score (nSPS) is 23.7. The number of halogens is 1. The summed E-state index contributed by atoms with van der Waals surface area (Å²) in [4.78, 5) is 16.2. The van der Waals surface area contributed by atoms with Gasteiger partial charge in [-0.1, -0.05) is 18.5 Å². The number of piperidine rings is 1. The number of amides is 1. The monoisotopic (exact) mass is 267 g/mol. The van der Waals surface area contributed by atoms with E-state index >= 15 is 0 Å². The molecule has 1 aliphatic heterocycles. The van der Waals surface area contributed by atoms with E-state index in [-0.39, 0.29) is 11.9 Å². The van der Waals surface area contributed by atoms with Crippen molar-refractivity contribution < 1.29 is 4.79 Å². The summed E-state index contributed by atoms with van der Waals surface area (Å²) in [7, 11) is 0. The van der Waals surface area contributed by atoms with Gasteiger partial charge in [0.25, 0.3) is 0 Å². The van der Waals surface area contributed by atoms with E-state index in [1.165, 1.54) is 0 Å². The number of aryl methyl sites for hydroxylation is 1. The van der Waals surface area contributed by atoms with Gasteiger partial charge in [0.15, 0.2) is 5.15 Å². The molecule has 2 unspecified atom stereocenters. The molecule has 2 N–H and O–H groups in total. The Morgan fingerprint density at radius 2 is 2.39 bits per heavy atom. The van der Waals surface area contributed by atoms with E-state index < -0.39 is 0 Å². The average Bonchev–Trinajstić information content (AvgIpc) is 2.34. The van der Waals surface area contributed by atoms with Gasteiger partial charge in [-0.05, 0) is 43.9 Å². The molecule has 98 valence electrons. The second kappa shape index (κ2) is 5.67. The third-order valence-corrected chi connectivity index (χ3v) is 3.59. The lowest BCUT2D eigenvalue weighted by Crippen LogP contribution is -2.48. The summed E-state index contributed by atoms with van der Waals surface area (Å²) in [6, 6.07) is 1.69. The van der Waals surface area contributed by atoms with Gasteiger partial charge < -0.3 is 10.6 Å². The molecule has 0 radical (unpaired) electrons. The van der Waals surface area contributed by atoms with Gasteiger partial charge in [-0.15, -0.1) is 0 Å². The lowest BCUT2D eigenvalue weighted by Gasteiger charge is -2.29. The maximum absolute atomic E-state index is 12.2. The summed E-state index contributed by atoms with van der Waals surface area (Å²) in [5, 5.41) is 6.43. The number of aromatic nitrogens is 1. The summed E-state index contributed by atoms with van der Waals surface area (Å²) in [5.41, 5.74) is 1.56. The van der Waals surface area contributed by atoms with E-state index in [1.54, 1.807) is 6.20 Å². The van der Waals surface area contributed by atoms with Crippen LogP contribution in [0.1, 0.15) is 25.3 Å². The Kier molecular flexibility index (Phi) is 4.19. The van der Waals surface area contributed by atoms with E-state index in [9.17, 15) is 4.79 Å². The topological polar surface area (TPSA) is 54.0 Å². The van der Waals surface area contributed by atoms with Gasteiger partial charge in [-0.2, -0.15) is 0 Å². The molecule has 0 bridgehead atoms. The van der Waals surface area contributed by atoms with Gasteiger partial charge in [0.1, 0.15) is 0 Å². The standard InChI is InChI=1S/C13H18ClN3O/c1-8-6-10(12(14)16-7-8)17-13(18)11-9(2)4-3-5-15-11/h6-7,9,11,15H,3-5H2,1-2H3,(H,17,18). The number of nitrogens with one attached hydrogen (secondary N) is 2. The van der Waals surface area contributed by atoms with Crippen LogP contribution in [-0.4, -0.2) is 23.5 Å². The molecule has 1 saturated heterocycles. The fourth-order valence-corrected chi connectivity index (χ4v) is 2.40. The molecule has 1 amide bonds. The van der Waals surface area contributed by atoms with E-state index in [1.807, 2.05) is 13.0 Å². The Labute approximate surface area is 112 Å². The zero-order valence-corrected chi connectivity index (χ0v) is 11.4. The van der Waals surface area contributed by atoms with Gasteiger partial charge in [-0.3, -0.25) is 4.79 Å². The fraction of sp³-hybridized carbons (Fsp3) is 0.538. The zero-order chi connectivity index (χ0) is 13.1. The minimum Gasteiger partial charge on any atom is -0.322 e. The first-order valence-electron chi connectivity index (χ1n) is 6.24. The van der Waals surface area contributed by atoms with Crippen molar-refractivity contribution in [2.75, 3.05) is 11.9 Å². The Bertz CT molecular complexity index is 450. The molecule has 1 aliphatic rings. The summed E-state index contributed by atoms with van der Waals surface area (Å²) in [6.45, 7) is 4.90. The number of carbonyl (C=O) groups excluding carboxylic acids is 1. The highest BCUT2D eigenvalue weighted by Gasteiger charge is 2.27. The molecule has 18 heavy (non-hydrogen) atoms. The lowest BCUT2D eigenvalue weighted by molar-refractivity contribution is -0.119. The summed E-state index contributed by atoms with van der Waals surface area (Å²) >= 11 is 5.97. The van der Waals surface area contributed by atoms with Crippen LogP contribution in [0.5, 0.6) is 0 Å². The molecular weight excluding hydrogens is 250 g/mol. The predicted molar refractivity (Wildman–Crippen MR) is 72.8 cm³/mol. The van der Waals surface area contributed by atoms with Crippen molar-refractivity contribution in [3.63, 3.8) is 0 Å². The van der Waals surface area contributed by atoms with Crippen molar-refractivity contribution >= 4 is 23.2 Å². The van der Waals surface area contributed by atoms with Crippen LogP contribution in [0, 0.1) is 12.8 Å². The van der Waals surface area contributed by atoms with Gasteiger partial charge in [0.05, 0.1) is 11.7 Å². The zero-order valence-electron chi connectivity index (χ0n) is 10.7. The van der Waals surface area contributed by atoms with Crippen LogP contribution in [0.25, 0.3) is 0 Å². The van der Waals surface area contributed by atoms with Crippen LogP contribution in [0.2, 0.25) is 5.15 Å². The fourth-order valence-electron chi connectivity index (χ4n) is 2.25. The van der Waals surface area contributed by atoms with Gasteiger partial charge in [-0.25, -0.2) is 4.98 Å². The highest BCUT2D eigenvalue weighted by Crippen LogP contribution is 2.22. The molecule has 5 heteroatoms. The van der Waals surface area contributed by atoms with Crippen molar-refractivity contribution in [1.29, 1.82) is 0 Å². The Morgan fingerprint density at radius 1 is 1.61 bits per heavy atom. The molecule has 4 nitrogen and oxygen atoms in total. The molecule has 1 aromatic rings. The lowest BCUT2D eigenvalue weighted by atomic mass is 9.92. The Balaban J connectivity index is 2.08. The number of pyridine rings is 1. The number of rotatable bonds is 2. The first kappa shape index (κ1) is 13.3. The van der Waals surface area contributed by atoms with Gasteiger partial charge >= 0.3 is 0 Å². The summed E-state index contributed by atoms with van der Waals surface area (Å²) in [5.74, 6) is 0.312. The minimum atomic E-state index is -0.143. The SMILES string of the molecule is Cc1cnc(Cl)c(NC(=O)C2NCCCC2C)c1. The third-order valence-electron chi connectivity index (χ3n) is 3.29. The van der Waals surface area contributed by atoms with Crippen LogP contribution in [-0.2, 0) is 4.79 Å². The van der Waals surface area contributed by atoms with Crippen LogP contribution in [0.4, 0.5) is 5.69 Å². The van der Waals surface area contributed by atoms with Crippen molar-refractivity contribution in [3.05, 3.63) is 23.0 Å². The van der Waals surface area contributed by atoms with Crippen LogP contribution in [0.15, 0.2) is 12.3 Å². The molecule has 1 aromatic heterocycles. The quantitative estimate of drug-likeness (QED) is 0.809. The van der Waals surface area contributed by atoms with Gasteiger partial charge in [0, 0.05) is 6.20 Å². The molecule has 1 fully saturated rings. The number of hydrogen-bond acceptors (Lipinski definition) is 3. The van der Waals surface area contributed by atoms with Crippen LogP contribution in [0.3, 0.4) is 0 Å². The predicted octanol–water partition coefficient (Wildman–Crippen LogP) is 2.37. The number of carbonyl (C=O) groups is 1. The highest BCUT2D eigenvalue weighted by atomic mass is 35.5. The van der Waals surface area contributed by atoms with Crippen LogP contribution >= 0.6 is 11.6 Å². The molecule has 2 rings (SSSR count). The summed E-state index contributed by atoms with van der Waals surface area (Å²) < 4.78 is 0. The maximum atomic E-state index is 12.2.